The highest BCUT2D eigenvalue weighted by atomic mass is 16.5. The summed E-state index contributed by atoms with van der Waals surface area (Å²) >= 11 is 0. The predicted molar refractivity (Wildman–Crippen MR) is 99.3 cm³/mol. The van der Waals surface area contributed by atoms with Crippen LogP contribution >= 0.6 is 0 Å². The van der Waals surface area contributed by atoms with Crippen molar-refractivity contribution in [2.45, 2.75) is 45.6 Å². The van der Waals surface area contributed by atoms with Gasteiger partial charge in [0.15, 0.2) is 0 Å². The molecule has 0 saturated carbocycles. The molecule has 0 spiro atoms. The van der Waals surface area contributed by atoms with Crippen molar-refractivity contribution in [2.24, 2.45) is 0 Å². The zero-order valence-electron chi connectivity index (χ0n) is 16.2. The first-order valence-corrected chi connectivity index (χ1v) is 9.35. The minimum atomic E-state index is 0.0247. The van der Waals surface area contributed by atoms with E-state index in [0.29, 0.717) is 23.6 Å². The number of imidazole rings is 1. The summed E-state index contributed by atoms with van der Waals surface area (Å²) < 4.78 is 7.42. The van der Waals surface area contributed by atoms with E-state index in [0.717, 1.165) is 44.7 Å². The van der Waals surface area contributed by atoms with Crippen LogP contribution in [0.1, 0.15) is 52.8 Å². The molecule has 0 bridgehead atoms. The number of nitrogens with zero attached hydrogens (tertiary/aromatic N) is 5. The van der Waals surface area contributed by atoms with Crippen LogP contribution in [0.25, 0.3) is 0 Å². The number of carbonyl (C=O) groups is 1. The summed E-state index contributed by atoms with van der Waals surface area (Å²) in [5.74, 6) is 2.00. The molecule has 0 aliphatic carbocycles. The van der Waals surface area contributed by atoms with Crippen LogP contribution in [-0.2, 0) is 6.54 Å². The number of aromatic nitrogens is 3. The number of likely N-dealkylation sites (tertiary alicyclic amines) is 1. The molecule has 2 aromatic heterocycles. The quantitative estimate of drug-likeness (QED) is 0.792. The first-order valence-electron chi connectivity index (χ1n) is 9.35. The summed E-state index contributed by atoms with van der Waals surface area (Å²) in [6, 6.07) is 0. The Balaban J connectivity index is 1.69. The Kier molecular flexibility index (Phi) is 5.76. The molecule has 26 heavy (non-hydrogen) atoms. The molecule has 1 saturated heterocycles. The van der Waals surface area contributed by atoms with Crippen molar-refractivity contribution in [3.8, 4) is 0 Å². The zero-order chi connectivity index (χ0) is 18.7. The lowest BCUT2D eigenvalue weighted by atomic mass is 9.96. The first-order chi connectivity index (χ1) is 12.5. The van der Waals surface area contributed by atoms with E-state index in [1.807, 2.05) is 18.0 Å². The van der Waals surface area contributed by atoms with Crippen LogP contribution < -0.4 is 0 Å². The second kappa shape index (κ2) is 8.03. The van der Waals surface area contributed by atoms with E-state index >= 15 is 0 Å². The molecule has 0 radical (unpaired) electrons. The van der Waals surface area contributed by atoms with E-state index in [1.54, 1.807) is 6.92 Å². The molecule has 2 aromatic rings. The Labute approximate surface area is 155 Å². The fourth-order valence-corrected chi connectivity index (χ4v) is 3.75. The molecule has 1 fully saturated rings. The van der Waals surface area contributed by atoms with Gasteiger partial charge in [-0.25, -0.2) is 4.98 Å². The van der Waals surface area contributed by atoms with Gasteiger partial charge in [-0.05, 0) is 53.8 Å². The highest BCUT2D eigenvalue weighted by Crippen LogP contribution is 2.28. The number of hydrogen-bond acceptors (Lipinski definition) is 5. The van der Waals surface area contributed by atoms with Gasteiger partial charge in [-0.2, -0.15) is 0 Å². The lowest BCUT2D eigenvalue weighted by Crippen LogP contribution is -2.40. The average molecular weight is 359 g/mol. The van der Waals surface area contributed by atoms with Crippen molar-refractivity contribution in [1.29, 1.82) is 0 Å². The smallest absolute Gasteiger partial charge is 0.259 e. The number of carbonyl (C=O) groups excluding carboxylic acids is 1. The van der Waals surface area contributed by atoms with Gasteiger partial charge in [-0.15, -0.1) is 0 Å². The molecule has 1 aliphatic rings. The fraction of sp³-hybridized carbons (Fsp3) is 0.632. The Bertz CT molecular complexity index is 729. The standard InChI is InChI=1S/C19H29N5O2/c1-14-17(15(2)26-21-14)19(25)24-10-5-7-16(13-24)18-20-8-12-23(18)11-6-9-22(3)4/h8,12,16H,5-7,9-11,13H2,1-4H3/t16-/m0/s1. The summed E-state index contributed by atoms with van der Waals surface area (Å²) in [5.41, 5.74) is 1.28. The Morgan fingerprint density at radius 1 is 1.38 bits per heavy atom. The summed E-state index contributed by atoms with van der Waals surface area (Å²) in [5, 5.41) is 3.92. The van der Waals surface area contributed by atoms with E-state index in [4.69, 9.17) is 4.52 Å². The summed E-state index contributed by atoms with van der Waals surface area (Å²) in [4.78, 5) is 21.7. The summed E-state index contributed by atoms with van der Waals surface area (Å²) in [7, 11) is 4.18. The molecule has 1 atom stereocenters. The third-order valence-electron chi connectivity index (χ3n) is 5.07. The lowest BCUT2D eigenvalue weighted by Gasteiger charge is -2.32. The third kappa shape index (κ3) is 3.98. The number of piperidine rings is 1. The average Bonchev–Trinajstić information content (AvgIpc) is 3.21. The minimum absolute atomic E-state index is 0.0247. The van der Waals surface area contributed by atoms with Crippen molar-refractivity contribution in [3.05, 3.63) is 35.2 Å². The van der Waals surface area contributed by atoms with E-state index in [2.05, 4.69) is 39.9 Å². The number of amides is 1. The van der Waals surface area contributed by atoms with Gasteiger partial charge in [0.2, 0.25) is 0 Å². The maximum absolute atomic E-state index is 12.9. The normalized spacial score (nSPS) is 17.9. The summed E-state index contributed by atoms with van der Waals surface area (Å²) in [6.45, 7) is 7.11. The summed E-state index contributed by atoms with van der Waals surface area (Å²) in [6.07, 6.45) is 7.07. The van der Waals surface area contributed by atoms with E-state index in [9.17, 15) is 4.79 Å². The molecule has 1 amide bonds. The second-order valence-corrected chi connectivity index (χ2v) is 7.43. The Morgan fingerprint density at radius 2 is 2.19 bits per heavy atom. The van der Waals surface area contributed by atoms with E-state index < -0.39 is 0 Å². The predicted octanol–water partition coefficient (Wildman–Crippen LogP) is 2.46. The lowest BCUT2D eigenvalue weighted by molar-refractivity contribution is 0.0700. The molecule has 1 aliphatic heterocycles. The van der Waals surface area contributed by atoms with Crippen molar-refractivity contribution in [1.82, 2.24) is 24.5 Å². The second-order valence-electron chi connectivity index (χ2n) is 7.43. The highest BCUT2D eigenvalue weighted by Gasteiger charge is 2.30. The maximum Gasteiger partial charge on any atom is 0.259 e. The molecule has 142 valence electrons. The molecular weight excluding hydrogens is 330 g/mol. The highest BCUT2D eigenvalue weighted by molar-refractivity contribution is 5.96. The molecule has 3 rings (SSSR count). The van der Waals surface area contributed by atoms with Crippen LogP contribution in [0.4, 0.5) is 0 Å². The van der Waals surface area contributed by atoms with Crippen molar-refractivity contribution >= 4 is 5.91 Å². The topological polar surface area (TPSA) is 67.4 Å². The number of hydrogen-bond donors (Lipinski definition) is 0. The van der Waals surface area contributed by atoms with Crippen LogP contribution in [0.3, 0.4) is 0 Å². The molecule has 3 heterocycles. The third-order valence-corrected chi connectivity index (χ3v) is 5.07. The first kappa shape index (κ1) is 18.6. The van der Waals surface area contributed by atoms with Gasteiger partial charge in [0, 0.05) is 37.9 Å². The van der Waals surface area contributed by atoms with Gasteiger partial charge in [-0.3, -0.25) is 4.79 Å². The zero-order valence-corrected chi connectivity index (χ0v) is 16.2. The van der Waals surface area contributed by atoms with E-state index in [1.165, 1.54) is 0 Å². The molecule has 0 unspecified atom stereocenters. The molecule has 0 N–H and O–H groups in total. The maximum atomic E-state index is 12.9. The van der Waals surface area contributed by atoms with Crippen LogP contribution in [0.2, 0.25) is 0 Å². The van der Waals surface area contributed by atoms with Gasteiger partial charge in [-0.1, -0.05) is 5.16 Å². The van der Waals surface area contributed by atoms with Crippen molar-refractivity contribution < 1.29 is 9.32 Å². The van der Waals surface area contributed by atoms with Gasteiger partial charge in [0.25, 0.3) is 5.91 Å². The van der Waals surface area contributed by atoms with E-state index in [-0.39, 0.29) is 11.8 Å². The fourth-order valence-electron chi connectivity index (χ4n) is 3.75. The molecule has 7 nitrogen and oxygen atoms in total. The Hall–Kier alpha value is -2.15. The van der Waals surface area contributed by atoms with Crippen LogP contribution in [0.15, 0.2) is 16.9 Å². The minimum Gasteiger partial charge on any atom is -0.361 e. The van der Waals surface area contributed by atoms with Gasteiger partial charge < -0.3 is 18.9 Å². The van der Waals surface area contributed by atoms with Crippen LogP contribution in [0, 0.1) is 13.8 Å². The van der Waals surface area contributed by atoms with Crippen molar-refractivity contribution in [2.75, 3.05) is 33.7 Å². The Morgan fingerprint density at radius 3 is 2.88 bits per heavy atom. The molecule has 7 heteroatoms. The number of aryl methyl sites for hydroxylation is 3. The van der Waals surface area contributed by atoms with Crippen LogP contribution in [-0.4, -0.2) is 64.1 Å². The number of rotatable bonds is 6. The molecule has 0 aromatic carbocycles. The molecular formula is C19H29N5O2. The van der Waals surface area contributed by atoms with Crippen LogP contribution in [0.5, 0.6) is 0 Å². The van der Waals surface area contributed by atoms with Gasteiger partial charge in [0.05, 0.1) is 5.69 Å². The van der Waals surface area contributed by atoms with Crippen molar-refractivity contribution in [3.63, 3.8) is 0 Å². The van der Waals surface area contributed by atoms with Gasteiger partial charge >= 0.3 is 0 Å². The monoisotopic (exact) mass is 359 g/mol. The van der Waals surface area contributed by atoms with Gasteiger partial charge in [0.1, 0.15) is 17.1 Å². The SMILES string of the molecule is Cc1noc(C)c1C(=O)N1CCC[C@H](c2nccn2CCCN(C)C)C1. The largest absolute Gasteiger partial charge is 0.361 e.